The van der Waals surface area contributed by atoms with Gasteiger partial charge in [-0.05, 0) is 45.2 Å². The number of likely N-dealkylation sites (tertiary alicyclic amines) is 1. The van der Waals surface area contributed by atoms with Gasteiger partial charge in [-0.15, -0.1) is 0 Å². The first-order chi connectivity index (χ1) is 10.3. The summed E-state index contributed by atoms with van der Waals surface area (Å²) < 4.78 is 5.61. The lowest BCUT2D eigenvalue weighted by Gasteiger charge is -2.27. The van der Waals surface area contributed by atoms with E-state index in [4.69, 9.17) is 4.74 Å². The first kappa shape index (κ1) is 13.3. The molecule has 3 aliphatic rings. The summed E-state index contributed by atoms with van der Waals surface area (Å²) >= 11 is 0. The highest BCUT2D eigenvalue weighted by molar-refractivity contribution is 5.94. The molecule has 2 saturated heterocycles. The van der Waals surface area contributed by atoms with Crippen molar-refractivity contribution < 1.29 is 9.53 Å². The average Bonchev–Trinajstić information content (AvgIpc) is 3.23. The number of ether oxygens (including phenoxy) is 1. The number of nitrogens with one attached hydrogen (secondary N) is 2. The van der Waals surface area contributed by atoms with Crippen LogP contribution in [0.25, 0.3) is 0 Å². The summed E-state index contributed by atoms with van der Waals surface area (Å²) in [5.74, 6) is -0.0471. The molecular weight excluding hydrogens is 268 g/mol. The van der Waals surface area contributed by atoms with Crippen LogP contribution >= 0.6 is 0 Å². The lowest BCUT2D eigenvalue weighted by atomic mass is 10.1. The number of carbonyl (C=O) groups is 1. The number of aromatic nitrogens is 2. The monoisotopic (exact) mass is 290 g/mol. The Morgan fingerprint density at radius 3 is 2.95 bits per heavy atom. The fourth-order valence-electron chi connectivity index (χ4n) is 3.86. The molecule has 0 unspecified atom stereocenters. The quantitative estimate of drug-likeness (QED) is 0.850. The zero-order valence-corrected chi connectivity index (χ0v) is 12.2. The second-order valence-corrected chi connectivity index (χ2v) is 6.31. The van der Waals surface area contributed by atoms with Crippen molar-refractivity contribution in [2.75, 3.05) is 26.3 Å². The van der Waals surface area contributed by atoms with E-state index in [2.05, 4.69) is 20.4 Å². The summed E-state index contributed by atoms with van der Waals surface area (Å²) in [4.78, 5) is 15.0. The minimum absolute atomic E-state index is 0.0471. The van der Waals surface area contributed by atoms with Crippen LogP contribution in [0.5, 0.6) is 0 Å². The lowest BCUT2D eigenvalue weighted by molar-refractivity contribution is 0.0910. The third kappa shape index (κ3) is 2.36. The topological polar surface area (TPSA) is 70.2 Å². The number of nitrogens with zero attached hydrogens (tertiary/aromatic N) is 2. The van der Waals surface area contributed by atoms with Gasteiger partial charge in [0.15, 0.2) is 5.69 Å². The minimum atomic E-state index is -0.0471. The summed E-state index contributed by atoms with van der Waals surface area (Å²) in [6, 6.07) is 0.410. The van der Waals surface area contributed by atoms with E-state index in [1.807, 2.05) is 0 Å². The van der Waals surface area contributed by atoms with E-state index in [9.17, 15) is 4.79 Å². The van der Waals surface area contributed by atoms with E-state index in [-0.39, 0.29) is 11.9 Å². The molecule has 6 heteroatoms. The van der Waals surface area contributed by atoms with Crippen molar-refractivity contribution in [2.45, 2.75) is 44.2 Å². The number of fused-ring (bicyclic) bond motifs is 1. The Hall–Kier alpha value is -1.40. The van der Waals surface area contributed by atoms with Gasteiger partial charge in [0.25, 0.3) is 5.91 Å². The standard InChI is InChI=1S/C15H22N4O2/c20-15(14-10-4-3-5-11(10)17-18-14)16-12-8-21-9-13(12)19-6-1-2-7-19/h12-13H,1-9H2,(H,16,20)(H,17,18)/t12-,13-/m0/s1. The van der Waals surface area contributed by atoms with Gasteiger partial charge in [-0.3, -0.25) is 14.8 Å². The SMILES string of the molecule is O=C(N[C@H]1COC[C@@H]1N1CCCC1)c1n[nH]c2c1CCC2. The van der Waals surface area contributed by atoms with Crippen molar-refractivity contribution in [1.29, 1.82) is 0 Å². The predicted octanol–water partition coefficient (Wildman–Crippen LogP) is 0.491. The second-order valence-electron chi connectivity index (χ2n) is 6.31. The zero-order valence-electron chi connectivity index (χ0n) is 12.2. The molecule has 3 heterocycles. The van der Waals surface area contributed by atoms with E-state index < -0.39 is 0 Å². The number of H-pyrrole nitrogens is 1. The largest absolute Gasteiger partial charge is 0.378 e. The summed E-state index contributed by atoms with van der Waals surface area (Å²) in [7, 11) is 0. The molecule has 0 spiro atoms. The molecule has 0 radical (unpaired) electrons. The molecule has 6 nitrogen and oxygen atoms in total. The van der Waals surface area contributed by atoms with Crippen LogP contribution < -0.4 is 5.32 Å². The third-order valence-corrected chi connectivity index (χ3v) is 5.00. The van der Waals surface area contributed by atoms with Gasteiger partial charge >= 0.3 is 0 Å². The summed E-state index contributed by atoms with van der Waals surface area (Å²) in [6.45, 7) is 3.58. The highest BCUT2D eigenvalue weighted by atomic mass is 16.5. The number of hydrogen-bond acceptors (Lipinski definition) is 4. The molecule has 2 aliphatic heterocycles. The smallest absolute Gasteiger partial charge is 0.272 e. The molecule has 1 aromatic rings. The lowest BCUT2D eigenvalue weighted by Crippen LogP contribution is -2.50. The molecule has 0 saturated carbocycles. The first-order valence-corrected chi connectivity index (χ1v) is 8.01. The van der Waals surface area contributed by atoms with Crippen molar-refractivity contribution in [3.63, 3.8) is 0 Å². The van der Waals surface area contributed by atoms with Crippen molar-refractivity contribution in [3.8, 4) is 0 Å². The molecule has 1 amide bonds. The van der Waals surface area contributed by atoms with Crippen molar-refractivity contribution in [1.82, 2.24) is 20.4 Å². The van der Waals surface area contributed by atoms with Crippen LogP contribution in [-0.4, -0.2) is 59.4 Å². The first-order valence-electron chi connectivity index (χ1n) is 8.01. The number of hydrogen-bond donors (Lipinski definition) is 2. The van der Waals surface area contributed by atoms with Gasteiger partial charge in [-0.2, -0.15) is 5.10 Å². The van der Waals surface area contributed by atoms with Gasteiger partial charge in [0.05, 0.1) is 25.3 Å². The Kier molecular flexibility index (Phi) is 3.43. The molecular formula is C15H22N4O2. The number of rotatable bonds is 3. The second kappa shape index (κ2) is 5.42. The van der Waals surface area contributed by atoms with Crippen LogP contribution in [0.3, 0.4) is 0 Å². The van der Waals surface area contributed by atoms with E-state index in [1.165, 1.54) is 12.8 Å². The van der Waals surface area contributed by atoms with Gasteiger partial charge in [0.2, 0.25) is 0 Å². The van der Waals surface area contributed by atoms with Crippen LogP contribution in [0.1, 0.15) is 41.0 Å². The maximum atomic E-state index is 12.5. The van der Waals surface area contributed by atoms with Gasteiger partial charge in [0, 0.05) is 11.3 Å². The summed E-state index contributed by atoms with van der Waals surface area (Å²) in [5.41, 5.74) is 2.85. The number of amides is 1. The van der Waals surface area contributed by atoms with Crippen LogP contribution in [0.4, 0.5) is 0 Å². The molecule has 4 rings (SSSR count). The number of aromatic amines is 1. The Morgan fingerprint density at radius 1 is 1.24 bits per heavy atom. The average molecular weight is 290 g/mol. The molecule has 1 aromatic heterocycles. The molecule has 0 aromatic carbocycles. The highest BCUT2D eigenvalue weighted by Gasteiger charge is 2.36. The number of carbonyl (C=O) groups excluding carboxylic acids is 1. The fraction of sp³-hybridized carbons (Fsp3) is 0.733. The maximum Gasteiger partial charge on any atom is 0.272 e. The summed E-state index contributed by atoms with van der Waals surface area (Å²) in [6.07, 6.45) is 5.60. The van der Waals surface area contributed by atoms with E-state index in [1.54, 1.807) is 0 Å². The van der Waals surface area contributed by atoms with E-state index in [0.717, 1.165) is 50.2 Å². The van der Waals surface area contributed by atoms with E-state index >= 15 is 0 Å². The van der Waals surface area contributed by atoms with Crippen LogP contribution in [0, 0.1) is 0 Å². The maximum absolute atomic E-state index is 12.5. The molecule has 1 aliphatic carbocycles. The summed E-state index contributed by atoms with van der Waals surface area (Å²) in [5, 5.41) is 10.4. The van der Waals surface area contributed by atoms with Crippen LogP contribution in [-0.2, 0) is 17.6 Å². The molecule has 21 heavy (non-hydrogen) atoms. The predicted molar refractivity (Wildman–Crippen MR) is 77.3 cm³/mol. The van der Waals surface area contributed by atoms with Crippen molar-refractivity contribution >= 4 is 5.91 Å². The number of aryl methyl sites for hydroxylation is 1. The Morgan fingerprint density at radius 2 is 2.10 bits per heavy atom. The van der Waals surface area contributed by atoms with Crippen LogP contribution in [0.15, 0.2) is 0 Å². The van der Waals surface area contributed by atoms with Crippen molar-refractivity contribution in [3.05, 3.63) is 17.0 Å². The van der Waals surface area contributed by atoms with Gasteiger partial charge in [-0.1, -0.05) is 0 Å². The van der Waals surface area contributed by atoms with Gasteiger partial charge < -0.3 is 10.1 Å². The van der Waals surface area contributed by atoms with Gasteiger partial charge in [0.1, 0.15) is 0 Å². The Labute approximate surface area is 124 Å². The minimum Gasteiger partial charge on any atom is -0.378 e. The zero-order chi connectivity index (χ0) is 14.2. The van der Waals surface area contributed by atoms with E-state index in [0.29, 0.717) is 18.3 Å². The fourth-order valence-corrected chi connectivity index (χ4v) is 3.86. The highest BCUT2D eigenvalue weighted by Crippen LogP contribution is 2.24. The van der Waals surface area contributed by atoms with Gasteiger partial charge in [-0.25, -0.2) is 0 Å². The Bertz CT molecular complexity index is 536. The Balaban J connectivity index is 1.45. The van der Waals surface area contributed by atoms with Crippen LogP contribution in [0.2, 0.25) is 0 Å². The molecule has 2 fully saturated rings. The van der Waals surface area contributed by atoms with Crippen molar-refractivity contribution in [2.24, 2.45) is 0 Å². The normalized spacial score (nSPS) is 29.0. The third-order valence-electron chi connectivity index (χ3n) is 5.00. The molecule has 0 bridgehead atoms. The molecule has 2 atom stereocenters. The molecule has 2 N–H and O–H groups in total. The molecule has 114 valence electrons.